The van der Waals surface area contributed by atoms with E-state index in [1.807, 2.05) is 18.7 Å². The van der Waals surface area contributed by atoms with E-state index in [0.717, 1.165) is 0 Å². The third-order valence-corrected chi connectivity index (χ3v) is 3.46. The van der Waals surface area contributed by atoms with Crippen molar-refractivity contribution in [3.8, 4) is 22.8 Å². The Morgan fingerprint density at radius 3 is 2.38 bits per heavy atom. The molecule has 7 heteroatoms. The van der Waals surface area contributed by atoms with Crippen LogP contribution in [0.25, 0.3) is 11.3 Å². The first-order valence-electron chi connectivity index (χ1n) is 7.28. The van der Waals surface area contributed by atoms with E-state index in [-0.39, 0.29) is 11.8 Å². The highest BCUT2D eigenvalue weighted by atomic mass is 19.4. The molecule has 1 aromatic carbocycles. The molecule has 4 nitrogen and oxygen atoms in total. The van der Waals surface area contributed by atoms with Crippen molar-refractivity contribution in [2.75, 3.05) is 4.90 Å². The zero-order valence-electron chi connectivity index (χ0n) is 13.1. The van der Waals surface area contributed by atoms with Crippen molar-refractivity contribution in [2.45, 2.75) is 26.3 Å². The highest BCUT2D eigenvalue weighted by Gasteiger charge is 2.31. The first-order chi connectivity index (χ1) is 11.2. The monoisotopic (exact) mass is 336 g/mol. The van der Waals surface area contributed by atoms with Crippen molar-refractivity contribution >= 4 is 5.82 Å². The van der Waals surface area contributed by atoms with Gasteiger partial charge in [-0.3, -0.25) is 4.90 Å². The summed E-state index contributed by atoms with van der Waals surface area (Å²) in [5.41, 5.74) is 1.30. The van der Waals surface area contributed by atoms with E-state index < -0.39 is 6.36 Å². The number of benzene rings is 1. The van der Waals surface area contributed by atoms with Gasteiger partial charge in [-0.05, 0) is 56.8 Å². The molecule has 0 aliphatic carbocycles. The van der Waals surface area contributed by atoms with Crippen LogP contribution in [0, 0.1) is 0 Å². The summed E-state index contributed by atoms with van der Waals surface area (Å²) < 4.78 is 46.1. The second kappa shape index (κ2) is 5.74. The molecule has 0 radical (unpaired) electrons. The Labute approximate surface area is 137 Å². The molecule has 24 heavy (non-hydrogen) atoms. The van der Waals surface area contributed by atoms with E-state index in [1.54, 1.807) is 12.1 Å². The van der Waals surface area contributed by atoms with Crippen molar-refractivity contribution in [1.29, 1.82) is 0 Å². The van der Waals surface area contributed by atoms with E-state index in [1.165, 1.54) is 24.3 Å². The lowest BCUT2D eigenvalue weighted by Crippen LogP contribution is -2.27. The zero-order chi connectivity index (χ0) is 17.5. The minimum absolute atomic E-state index is 0.115. The van der Waals surface area contributed by atoms with Crippen molar-refractivity contribution in [3.63, 3.8) is 0 Å². The van der Waals surface area contributed by atoms with Crippen LogP contribution in [0.5, 0.6) is 11.5 Å². The fourth-order valence-electron chi connectivity index (χ4n) is 2.50. The Kier molecular flexibility index (Phi) is 3.87. The van der Waals surface area contributed by atoms with Crippen LogP contribution in [0.2, 0.25) is 0 Å². The third-order valence-electron chi connectivity index (χ3n) is 3.46. The maximum absolute atomic E-state index is 12.2. The molecule has 0 saturated heterocycles. The molecule has 0 unspecified atom stereocenters. The number of rotatable bonds is 3. The summed E-state index contributed by atoms with van der Waals surface area (Å²) in [4.78, 5) is 6.42. The summed E-state index contributed by atoms with van der Waals surface area (Å²) in [6.07, 6.45) is -4.71. The Morgan fingerprint density at radius 1 is 1.12 bits per heavy atom. The molecule has 2 heterocycles. The van der Waals surface area contributed by atoms with Gasteiger partial charge >= 0.3 is 6.36 Å². The van der Waals surface area contributed by atoms with Crippen molar-refractivity contribution < 1.29 is 22.6 Å². The molecule has 0 atom stereocenters. The summed E-state index contributed by atoms with van der Waals surface area (Å²) in [6.45, 7) is 7.84. The Morgan fingerprint density at radius 2 is 1.79 bits per heavy atom. The number of fused-ring (bicyclic) bond motifs is 1. The van der Waals surface area contributed by atoms with Gasteiger partial charge in [0.2, 0.25) is 0 Å². The molecule has 0 bridgehead atoms. The van der Waals surface area contributed by atoms with Crippen molar-refractivity contribution in [1.82, 2.24) is 4.98 Å². The molecule has 3 rings (SSSR count). The topological polar surface area (TPSA) is 34.6 Å². The summed E-state index contributed by atoms with van der Waals surface area (Å²) in [5.74, 6) is 1.48. The van der Waals surface area contributed by atoms with Gasteiger partial charge in [0.1, 0.15) is 5.75 Å². The molecule has 0 fully saturated rings. The van der Waals surface area contributed by atoms with Gasteiger partial charge in [-0.1, -0.05) is 0 Å². The van der Waals surface area contributed by atoms with E-state index in [9.17, 15) is 13.2 Å². The normalized spacial score (nSPS) is 13.9. The van der Waals surface area contributed by atoms with Gasteiger partial charge in [-0.25, -0.2) is 4.98 Å². The predicted molar refractivity (Wildman–Crippen MR) is 83.7 cm³/mol. The van der Waals surface area contributed by atoms with Crippen LogP contribution in [0.3, 0.4) is 0 Å². The van der Waals surface area contributed by atoms with Crippen LogP contribution < -0.4 is 14.4 Å². The Balaban J connectivity index is 1.90. The van der Waals surface area contributed by atoms with Crippen LogP contribution in [0.4, 0.5) is 19.0 Å². The number of halogens is 3. The summed E-state index contributed by atoms with van der Waals surface area (Å²) in [7, 11) is 0. The zero-order valence-corrected chi connectivity index (χ0v) is 13.1. The largest absolute Gasteiger partial charge is 0.573 e. The molecule has 1 aliphatic heterocycles. The molecule has 0 saturated carbocycles. The number of aromatic nitrogens is 1. The minimum atomic E-state index is -4.71. The standard InChI is InChI=1S/C17H15F3N2O2/c1-10(2)22-11(3)23-15-9-8-14(21-16(15)22)12-4-6-13(7-5-12)24-17(18,19)20/h4-10H,3H2,1-2H3. The highest BCUT2D eigenvalue weighted by Crippen LogP contribution is 2.39. The molecular weight excluding hydrogens is 321 g/mol. The van der Waals surface area contributed by atoms with E-state index >= 15 is 0 Å². The Hall–Kier alpha value is -2.70. The summed E-state index contributed by atoms with van der Waals surface area (Å²) in [5, 5.41) is 0. The number of ether oxygens (including phenoxy) is 2. The predicted octanol–water partition coefficient (Wildman–Crippen LogP) is 4.73. The molecule has 0 spiro atoms. The van der Waals surface area contributed by atoms with Crippen LogP contribution in [0.1, 0.15) is 13.8 Å². The van der Waals surface area contributed by atoms with Gasteiger partial charge in [-0.2, -0.15) is 0 Å². The SMILES string of the molecule is C=C1Oc2ccc(-c3ccc(OC(F)(F)F)cc3)nc2N1C(C)C. The number of pyridine rings is 1. The van der Waals surface area contributed by atoms with Crippen molar-refractivity contribution in [2.24, 2.45) is 0 Å². The van der Waals surface area contributed by atoms with Crippen LogP contribution in [-0.4, -0.2) is 17.4 Å². The number of nitrogens with zero attached hydrogens (tertiary/aromatic N) is 2. The molecule has 126 valence electrons. The quantitative estimate of drug-likeness (QED) is 0.812. The second-order valence-electron chi connectivity index (χ2n) is 5.55. The second-order valence-corrected chi connectivity index (χ2v) is 5.55. The van der Waals surface area contributed by atoms with Crippen LogP contribution in [-0.2, 0) is 0 Å². The molecule has 1 aromatic heterocycles. The van der Waals surface area contributed by atoms with Crippen LogP contribution >= 0.6 is 0 Å². The lowest BCUT2D eigenvalue weighted by atomic mass is 10.1. The van der Waals surface area contributed by atoms with Crippen molar-refractivity contribution in [3.05, 3.63) is 48.9 Å². The Bertz CT molecular complexity index is 770. The van der Waals surface area contributed by atoms with Gasteiger partial charge in [0, 0.05) is 11.6 Å². The molecular formula is C17H15F3N2O2. The van der Waals surface area contributed by atoms with E-state index in [0.29, 0.717) is 28.7 Å². The fraction of sp³-hybridized carbons (Fsp3) is 0.235. The first-order valence-corrected chi connectivity index (χ1v) is 7.28. The third kappa shape index (κ3) is 3.15. The molecule has 0 N–H and O–H groups in total. The molecule has 2 aromatic rings. The fourth-order valence-corrected chi connectivity index (χ4v) is 2.50. The first kappa shape index (κ1) is 16.2. The minimum Gasteiger partial charge on any atom is -0.438 e. The maximum atomic E-state index is 12.2. The van der Waals surface area contributed by atoms with Gasteiger partial charge < -0.3 is 9.47 Å². The lowest BCUT2D eigenvalue weighted by molar-refractivity contribution is -0.274. The number of alkyl halides is 3. The smallest absolute Gasteiger partial charge is 0.438 e. The molecule has 1 aliphatic rings. The average Bonchev–Trinajstić information content (AvgIpc) is 2.81. The van der Waals surface area contributed by atoms with Crippen LogP contribution in [0.15, 0.2) is 48.9 Å². The van der Waals surface area contributed by atoms with Gasteiger partial charge in [0.15, 0.2) is 17.5 Å². The maximum Gasteiger partial charge on any atom is 0.573 e. The van der Waals surface area contributed by atoms with E-state index in [4.69, 9.17) is 4.74 Å². The lowest BCUT2D eigenvalue weighted by Gasteiger charge is -2.21. The van der Waals surface area contributed by atoms with Gasteiger partial charge in [-0.15, -0.1) is 13.2 Å². The van der Waals surface area contributed by atoms with Gasteiger partial charge in [0.05, 0.1) is 5.69 Å². The number of hydrogen-bond donors (Lipinski definition) is 0. The highest BCUT2D eigenvalue weighted by molar-refractivity contribution is 5.69. The van der Waals surface area contributed by atoms with E-state index in [2.05, 4.69) is 16.3 Å². The summed E-state index contributed by atoms with van der Waals surface area (Å²) in [6, 6.07) is 9.20. The summed E-state index contributed by atoms with van der Waals surface area (Å²) >= 11 is 0. The van der Waals surface area contributed by atoms with Gasteiger partial charge in [0.25, 0.3) is 0 Å². The number of anilines is 1. The molecule has 0 amide bonds. The number of hydrogen-bond acceptors (Lipinski definition) is 4. The average molecular weight is 336 g/mol.